The molecule has 0 aromatic heterocycles. The van der Waals surface area contributed by atoms with E-state index in [-0.39, 0.29) is 5.92 Å². The second kappa shape index (κ2) is 7.14. The minimum absolute atomic E-state index is 0.173. The van der Waals surface area contributed by atoms with Gasteiger partial charge >= 0.3 is 0 Å². The molecule has 0 radical (unpaired) electrons. The fraction of sp³-hybridized carbons (Fsp3) is 0.611. The van der Waals surface area contributed by atoms with Crippen LogP contribution in [-0.4, -0.2) is 43.6 Å². The molecular weight excluding hydrogens is 276 g/mol. The molecule has 22 heavy (non-hydrogen) atoms. The average molecular weight is 302 g/mol. The summed E-state index contributed by atoms with van der Waals surface area (Å²) < 4.78 is 5.45. The first-order valence-electron chi connectivity index (χ1n) is 8.42. The van der Waals surface area contributed by atoms with Gasteiger partial charge in [0, 0.05) is 19.1 Å². The standard InChI is InChI=1S/C18H26N2O2/c1-22-17-9-3-2-6-14(17)12-16-8-5-11-20(16)18(21)15-7-4-10-19-13-15/h2-3,6,9,15-16,19H,4-5,7-8,10-13H2,1H3. The van der Waals surface area contributed by atoms with Gasteiger partial charge in [-0.3, -0.25) is 4.79 Å². The predicted molar refractivity (Wildman–Crippen MR) is 87.0 cm³/mol. The van der Waals surface area contributed by atoms with Crippen molar-refractivity contribution in [2.24, 2.45) is 5.92 Å². The highest BCUT2D eigenvalue weighted by atomic mass is 16.5. The summed E-state index contributed by atoms with van der Waals surface area (Å²) in [5.74, 6) is 1.46. The molecule has 4 heteroatoms. The summed E-state index contributed by atoms with van der Waals surface area (Å²) in [4.78, 5) is 14.9. The molecule has 1 aromatic rings. The van der Waals surface area contributed by atoms with Gasteiger partial charge in [0.1, 0.15) is 5.75 Å². The highest BCUT2D eigenvalue weighted by Gasteiger charge is 2.33. The van der Waals surface area contributed by atoms with E-state index in [4.69, 9.17) is 4.74 Å². The van der Waals surface area contributed by atoms with Gasteiger partial charge in [0.15, 0.2) is 0 Å². The molecule has 2 unspecified atom stereocenters. The fourth-order valence-electron chi connectivity index (χ4n) is 3.76. The molecule has 1 N–H and O–H groups in total. The number of nitrogens with zero attached hydrogens (tertiary/aromatic N) is 1. The third-order valence-corrected chi connectivity index (χ3v) is 4.95. The van der Waals surface area contributed by atoms with E-state index in [1.54, 1.807) is 7.11 Å². The highest BCUT2D eigenvalue weighted by molar-refractivity contribution is 5.79. The lowest BCUT2D eigenvalue weighted by atomic mass is 9.96. The number of piperidine rings is 1. The summed E-state index contributed by atoms with van der Waals surface area (Å²) >= 11 is 0. The highest BCUT2D eigenvalue weighted by Crippen LogP contribution is 2.28. The van der Waals surface area contributed by atoms with E-state index < -0.39 is 0 Å². The van der Waals surface area contributed by atoms with E-state index in [1.807, 2.05) is 18.2 Å². The lowest BCUT2D eigenvalue weighted by Gasteiger charge is -2.31. The zero-order valence-corrected chi connectivity index (χ0v) is 13.4. The van der Waals surface area contributed by atoms with Gasteiger partial charge < -0.3 is 15.0 Å². The van der Waals surface area contributed by atoms with Crippen LogP contribution in [-0.2, 0) is 11.2 Å². The maximum absolute atomic E-state index is 12.8. The van der Waals surface area contributed by atoms with Gasteiger partial charge in [0.05, 0.1) is 13.0 Å². The van der Waals surface area contributed by atoms with Crippen molar-refractivity contribution in [3.8, 4) is 5.75 Å². The summed E-state index contributed by atoms with van der Waals surface area (Å²) in [6.45, 7) is 2.81. The summed E-state index contributed by atoms with van der Waals surface area (Å²) in [5.41, 5.74) is 1.21. The average Bonchev–Trinajstić information content (AvgIpc) is 3.03. The maximum atomic E-state index is 12.8. The van der Waals surface area contributed by atoms with Gasteiger partial charge in [0.25, 0.3) is 0 Å². The van der Waals surface area contributed by atoms with Crippen molar-refractivity contribution in [1.29, 1.82) is 0 Å². The Kier molecular flexibility index (Phi) is 4.98. The lowest BCUT2D eigenvalue weighted by Crippen LogP contribution is -2.45. The number of nitrogens with one attached hydrogen (secondary N) is 1. The van der Waals surface area contributed by atoms with Crippen LogP contribution in [0.2, 0.25) is 0 Å². The van der Waals surface area contributed by atoms with Crippen LogP contribution in [0.1, 0.15) is 31.2 Å². The van der Waals surface area contributed by atoms with E-state index >= 15 is 0 Å². The second-order valence-electron chi connectivity index (χ2n) is 6.39. The molecule has 0 saturated carbocycles. The van der Waals surface area contributed by atoms with Crippen molar-refractivity contribution in [2.45, 2.75) is 38.1 Å². The number of carbonyl (C=O) groups is 1. The molecule has 0 bridgehead atoms. The summed E-state index contributed by atoms with van der Waals surface area (Å²) in [5, 5.41) is 3.35. The molecule has 0 spiro atoms. The lowest BCUT2D eigenvalue weighted by molar-refractivity contribution is -0.136. The predicted octanol–water partition coefficient (Wildman–Crippen LogP) is 2.23. The van der Waals surface area contributed by atoms with Gasteiger partial charge in [-0.05, 0) is 50.3 Å². The fourth-order valence-corrected chi connectivity index (χ4v) is 3.76. The van der Waals surface area contributed by atoms with Crippen molar-refractivity contribution < 1.29 is 9.53 Å². The Hall–Kier alpha value is -1.55. The molecule has 2 atom stereocenters. The number of para-hydroxylation sites is 1. The van der Waals surface area contributed by atoms with Crippen molar-refractivity contribution in [2.75, 3.05) is 26.7 Å². The Morgan fingerprint density at radius 1 is 1.32 bits per heavy atom. The number of amides is 1. The molecule has 3 rings (SSSR count). The zero-order chi connectivity index (χ0) is 15.4. The van der Waals surface area contributed by atoms with Crippen molar-refractivity contribution >= 4 is 5.91 Å². The maximum Gasteiger partial charge on any atom is 0.227 e. The van der Waals surface area contributed by atoms with Crippen molar-refractivity contribution in [3.05, 3.63) is 29.8 Å². The number of ether oxygens (including phenoxy) is 1. The third-order valence-electron chi connectivity index (χ3n) is 4.95. The molecule has 1 amide bonds. The minimum Gasteiger partial charge on any atom is -0.496 e. The van der Waals surface area contributed by atoms with Crippen LogP contribution in [0.15, 0.2) is 24.3 Å². The van der Waals surface area contributed by atoms with Gasteiger partial charge in [-0.1, -0.05) is 18.2 Å². The number of carbonyl (C=O) groups excluding carboxylic acids is 1. The Morgan fingerprint density at radius 3 is 2.95 bits per heavy atom. The minimum atomic E-state index is 0.173. The molecule has 2 saturated heterocycles. The van der Waals surface area contributed by atoms with E-state index in [2.05, 4.69) is 16.3 Å². The Morgan fingerprint density at radius 2 is 2.18 bits per heavy atom. The van der Waals surface area contributed by atoms with Crippen molar-refractivity contribution in [3.63, 3.8) is 0 Å². The van der Waals surface area contributed by atoms with Crippen molar-refractivity contribution in [1.82, 2.24) is 10.2 Å². The number of hydrogen-bond acceptors (Lipinski definition) is 3. The number of rotatable bonds is 4. The quantitative estimate of drug-likeness (QED) is 0.927. The van der Waals surface area contributed by atoms with Gasteiger partial charge in [-0.25, -0.2) is 0 Å². The summed E-state index contributed by atoms with van der Waals surface area (Å²) in [6, 6.07) is 8.48. The van der Waals surface area contributed by atoms with Crippen LogP contribution in [0.25, 0.3) is 0 Å². The third kappa shape index (κ3) is 3.27. The number of hydrogen-bond donors (Lipinski definition) is 1. The number of methoxy groups -OCH3 is 1. The summed E-state index contributed by atoms with van der Waals surface area (Å²) in [6.07, 6.45) is 5.26. The summed E-state index contributed by atoms with van der Waals surface area (Å²) in [7, 11) is 1.71. The first-order valence-corrected chi connectivity index (χ1v) is 8.42. The Bertz CT molecular complexity index is 512. The van der Waals surface area contributed by atoms with E-state index in [1.165, 1.54) is 5.56 Å². The molecule has 120 valence electrons. The second-order valence-corrected chi connectivity index (χ2v) is 6.39. The molecular formula is C18H26N2O2. The molecule has 2 aliphatic rings. The number of likely N-dealkylation sites (tertiary alicyclic amines) is 1. The Labute approximate surface area is 132 Å². The normalized spacial score (nSPS) is 25.2. The first-order chi connectivity index (χ1) is 10.8. The smallest absolute Gasteiger partial charge is 0.227 e. The monoisotopic (exact) mass is 302 g/mol. The van der Waals surface area contributed by atoms with E-state index in [0.717, 1.165) is 57.5 Å². The van der Waals surface area contributed by atoms with Gasteiger partial charge in [-0.15, -0.1) is 0 Å². The zero-order valence-electron chi connectivity index (χ0n) is 13.4. The van der Waals surface area contributed by atoms with Gasteiger partial charge in [0.2, 0.25) is 5.91 Å². The largest absolute Gasteiger partial charge is 0.496 e. The van der Waals surface area contributed by atoms with Crippen LogP contribution >= 0.6 is 0 Å². The molecule has 2 fully saturated rings. The molecule has 1 aromatic carbocycles. The molecule has 2 heterocycles. The SMILES string of the molecule is COc1ccccc1CC1CCCN1C(=O)C1CCCNC1. The Balaban J connectivity index is 1.68. The topological polar surface area (TPSA) is 41.6 Å². The van der Waals surface area contributed by atoms with E-state index in [0.29, 0.717) is 11.9 Å². The number of benzene rings is 1. The van der Waals surface area contributed by atoms with Crippen LogP contribution in [0, 0.1) is 5.92 Å². The van der Waals surface area contributed by atoms with Crippen LogP contribution in [0.3, 0.4) is 0 Å². The molecule has 0 aliphatic carbocycles. The van der Waals surface area contributed by atoms with Gasteiger partial charge in [-0.2, -0.15) is 0 Å². The van der Waals surface area contributed by atoms with Crippen LogP contribution < -0.4 is 10.1 Å². The first kappa shape index (κ1) is 15.3. The van der Waals surface area contributed by atoms with Crippen LogP contribution in [0.5, 0.6) is 5.75 Å². The van der Waals surface area contributed by atoms with E-state index in [9.17, 15) is 4.79 Å². The molecule has 2 aliphatic heterocycles. The molecule has 4 nitrogen and oxygen atoms in total. The van der Waals surface area contributed by atoms with Crippen LogP contribution in [0.4, 0.5) is 0 Å².